The molecule has 1 aromatic carbocycles. The van der Waals surface area contributed by atoms with Gasteiger partial charge >= 0.3 is 0 Å². The molecule has 1 aliphatic heterocycles. The molecule has 0 spiro atoms. The second-order valence-electron chi connectivity index (χ2n) is 3.52. The molecule has 0 fully saturated rings. The van der Waals surface area contributed by atoms with Crippen LogP contribution in [0.25, 0.3) is 0 Å². The molecule has 0 aliphatic carbocycles. The number of benzene rings is 1. The summed E-state index contributed by atoms with van der Waals surface area (Å²) in [5.74, 6) is -1.88. The number of nitrogens with zero attached hydrogens (tertiary/aromatic N) is 1. The summed E-state index contributed by atoms with van der Waals surface area (Å²) >= 11 is 0. The van der Waals surface area contributed by atoms with Crippen LogP contribution in [0.4, 0.5) is 10.1 Å². The molecular formula is C11H10FNO3. The first-order chi connectivity index (χ1) is 7.65. The Morgan fingerprint density at radius 1 is 1.31 bits per heavy atom. The van der Waals surface area contributed by atoms with Crippen molar-refractivity contribution >= 4 is 17.4 Å². The van der Waals surface area contributed by atoms with Crippen molar-refractivity contribution in [1.82, 2.24) is 0 Å². The van der Waals surface area contributed by atoms with E-state index in [9.17, 15) is 14.0 Å². The first-order valence-corrected chi connectivity index (χ1v) is 4.91. The monoisotopic (exact) mass is 223 g/mol. The third-order valence-electron chi connectivity index (χ3n) is 2.47. The minimum absolute atomic E-state index is 0.0610. The van der Waals surface area contributed by atoms with Gasteiger partial charge in [-0.05, 0) is 24.6 Å². The van der Waals surface area contributed by atoms with Crippen molar-refractivity contribution in [3.05, 3.63) is 29.6 Å². The van der Waals surface area contributed by atoms with E-state index < -0.39 is 17.5 Å². The van der Waals surface area contributed by atoms with Gasteiger partial charge in [-0.15, -0.1) is 0 Å². The van der Waals surface area contributed by atoms with E-state index in [1.807, 2.05) is 0 Å². The zero-order chi connectivity index (χ0) is 11.7. The number of ketones is 1. The Labute approximate surface area is 91.3 Å². The van der Waals surface area contributed by atoms with Gasteiger partial charge in [0.25, 0.3) is 11.7 Å². The highest BCUT2D eigenvalue weighted by Crippen LogP contribution is 2.29. The molecule has 16 heavy (non-hydrogen) atoms. The molecule has 1 aromatic rings. The fraction of sp³-hybridized carbons (Fsp3) is 0.273. The van der Waals surface area contributed by atoms with E-state index >= 15 is 0 Å². The smallest absolute Gasteiger partial charge is 0.299 e. The van der Waals surface area contributed by atoms with E-state index in [1.54, 1.807) is 0 Å². The highest BCUT2D eigenvalue weighted by Gasteiger charge is 2.35. The van der Waals surface area contributed by atoms with Crippen molar-refractivity contribution in [3.63, 3.8) is 0 Å². The zero-order valence-electron chi connectivity index (χ0n) is 8.44. The number of aliphatic hydroxyl groups excluding tert-OH is 1. The molecule has 0 bridgehead atoms. The van der Waals surface area contributed by atoms with Crippen molar-refractivity contribution in [3.8, 4) is 0 Å². The lowest BCUT2D eigenvalue weighted by molar-refractivity contribution is -0.114. The molecule has 0 atom stereocenters. The SMILES string of the molecule is O=C1C(=O)N(CCCO)c2ccc(F)cc21. The Kier molecular flexibility index (Phi) is 2.70. The molecule has 1 amide bonds. The number of carbonyl (C=O) groups excluding carboxylic acids is 2. The molecule has 0 saturated heterocycles. The van der Waals surface area contributed by atoms with Crippen LogP contribution in [0.5, 0.6) is 0 Å². The second-order valence-corrected chi connectivity index (χ2v) is 3.52. The quantitative estimate of drug-likeness (QED) is 0.769. The van der Waals surface area contributed by atoms with Crippen molar-refractivity contribution in [2.75, 3.05) is 18.1 Å². The van der Waals surface area contributed by atoms with Crippen LogP contribution >= 0.6 is 0 Å². The molecule has 0 saturated carbocycles. The highest BCUT2D eigenvalue weighted by molar-refractivity contribution is 6.52. The largest absolute Gasteiger partial charge is 0.396 e. The number of Topliss-reactive ketones (excluding diaryl/α,β-unsaturated/α-hetero) is 1. The molecule has 1 aliphatic rings. The maximum Gasteiger partial charge on any atom is 0.299 e. The number of aliphatic hydroxyl groups is 1. The summed E-state index contributed by atoms with van der Waals surface area (Å²) in [6.45, 7) is 0.203. The first-order valence-electron chi connectivity index (χ1n) is 4.91. The second kappa shape index (κ2) is 4.02. The summed E-state index contributed by atoms with van der Waals surface area (Å²) in [5, 5.41) is 8.69. The van der Waals surface area contributed by atoms with E-state index in [0.29, 0.717) is 12.1 Å². The average molecular weight is 223 g/mol. The molecule has 1 heterocycles. The molecule has 0 radical (unpaired) electrons. The van der Waals surface area contributed by atoms with Crippen molar-refractivity contribution in [2.24, 2.45) is 0 Å². The standard InChI is InChI=1S/C11H10FNO3/c12-7-2-3-9-8(6-7)10(15)11(16)13(9)4-1-5-14/h2-3,6,14H,1,4-5H2. The highest BCUT2D eigenvalue weighted by atomic mass is 19.1. The topological polar surface area (TPSA) is 57.6 Å². The van der Waals surface area contributed by atoms with Crippen LogP contribution in [0.1, 0.15) is 16.8 Å². The first kappa shape index (κ1) is 10.8. The van der Waals surface area contributed by atoms with Crippen molar-refractivity contribution < 1.29 is 19.1 Å². The van der Waals surface area contributed by atoms with Gasteiger partial charge in [0, 0.05) is 13.2 Å². The number of hydrogen-bond acceptors (Lipinski definition) is 3. The number of amides is 1. The summed E-state index contributed by atoms with van der Waals surface area (Å²) in [6.07, 6.45) is 0.385. The summed E-state index contributed by atoms with van der Waals surface area (Å²) in [4.78, 5) is 24.3. The predicted octanol–water partition coefficient (Wildman–Crippen LogP) is 0.737. The lowest BCUT2D eigenvalue weighted by Gasteiger charge is -2.15. The van der Waals surface area contributed by atoms with E-state index in [0.717, 1.165) is 6.07 Å². The van der Waals surface area contributed by atoms with Crippen LogP contribution < -0.4 is 4.90 Å². The van der Waals surface area contributed by atoms with Crippen LogP contribution in [0.15, 0.2) is 18.2 Å². The van der Waals surface area contributed by atoms with Crippen LogP contribution in [0.3, 0.4) is 0 Å². The van der Waals surface area contributed by atoms with Gasteiger partial charge in [0.2, 0.25) is 0 Å². The Hall–Kier alpha value is -1.75. The third kappa shape index (κ3) is 1.59. The molecule has 1 N–H and O–H groups in total. The van der Waals surface area contributed by atoms with E-state index in [-0.39, 0.29) is 18.7 Å². The summed E-state index contributed by atoms with van der Waals surface area (Å²) in [7, 11) is 0. The van der Waals surface area contributed by atoms with Gasteiger partial charge in [-0.25, -0.2) is 4.39 Å². The maximum absolute atomic E-state index is 12.9. The molecule has 84 valence electrons. The fourth-order valence-electron chi connectivity index (χ4n) is 1.72. The molecule has 2 rings (SSSR count). The molecule has 0 aromatic heterocycles. The van der Waals surface area contributed by atoms with Crippen molar-refractivity contribution in [1.29, 1.82) is 0 Å². The van der Waals surface area contributed by atoms with Crippen LogP contribution in [0.2, 0.25) is 0 Å². The lowest BCUT2D eigenvalue weighted by atomic mass is 10.1. The normalized spacial score (nSPS) is 14.5. The van der Waals surface area contributed by atoms with Gasteiger partial charge in [-0.2, -0.15) is 0 Å². The lowest BCUT2D eigenvalue weighted by Crippen LogP contribution is -2.31. The average Bonchev–Trinajstić information content (AvgIpc) is 2.50. The maximum atomic E-state index is 12.9. The Morgan fingerprint density at radius 2 is 2.06 bits per heavy atom. The van der Waals surface area contributed by atoms with Gasteiger partial charge in [0.05, 0.1) is 11.3 Å². The van der Waals surface area contributed by atoms with E-state index in [1.165, 1.54) is 17.0 Å². The van der Waals surface area contributed by atoms with Gasteiger partial charge in [0.1, 0.15) is 5.82 Å². The van der Waals surface area contributed by atoms with Crippen LogP contribution in [-0.2, 0) is 4.79 Å². The number of halogens is 1. The predicted molar refractivity (Wildman–Crippen MR) is 54.8 cm³/mol. The molecule has 4 nitrogen and oxygen atoms in total. The van der Waals surface area contributed by atoms with Crippen LogP contribution in [-0.4, -0.2) is 29.9 Å². The van der Waals surface area contributed by atoms with Crippen LogP contribution in [0, 0.1) is 5.82 Å². The number of anilines is 1. The summed E-state index contributed by atoms with van der Waals surface area (Å²) in [6, 6.07) is 3.68. The summed E-state index contributed by atoms with van der Waals surface area (Å²) in [5.41, 5.74) is 0.521. The third-order valence-corrected chi connectivity index (χ3v) is 2.47. The molecule has 5 heteroatoms. The minimum Gasteiger partial charge on any atom is -0.396 e. The fourth-order valence-corrected chi connectivity index (χ4v) is 1.72. The Bertz CT molecular complexity index is 459. The molecular weight excluding hydrogens is 213 g/mol. The number of fused-ring (bicyclic) bond motifs is 1. The Morgan fingerprint density at radius 3 is 2.75 bits per heavy atom. The van der Waals surface area contributed by atoms with Gasteiger partial charge in [-0.3, -0.25) is 9.59 Å². The van der Waals surface area contributed by atoms with Crippen molar-refractivity contribution in [2.45, 2.75) is 6.42 Å². The van der Waals surface area contributed by atoms with E-state index in [2.05, 4.69) is 0 Å². The number of hydrogen-bond donors (Lipinski definition) is 1. The molecule has 0 unspecified atom stereocenters. The van der Waals surface area contributed by atoms with E-state index in [4.69, 9.17) is 5.11 Å². The summed E-state index contributed by atoms with van der Waals surface area (Å²) < 4.78 is 12.9. The van der Waals surface area contributed by atoms with Gasteiger partial charge < -0.3 is 10.0 Å². The van der Waals surface area contributed by atoms with Gasteiger partial charge in [-0.1, -0.05) is 0 Å². The van der Waals surface area contributed by atoms with Gasteiger partial charge in [0.15, 0.2) is 0 Å². The minimum atomic E-state index is -0.688. The zero-order valence-corrected chi connectivity index (χ0v) is 8.44. The number of carbonyl (C=O) groups is 2. The Balaban J connectivity index is 2.38. The number of rotatable bonds is 3.